The van der Waals surface area contributed by atoms with E-state index in [2.05, 4.69) is 26.1 Å². The van der Waals surface area contributed by atoms with Crippen LogP contribution in [0.1, 0.15) is 47.0 Å². The van der Waals surface area contributed by atoms with Crippen LogP contribution < -0.4 is 5.32 Å². The van der Waals surface area contributed by atoms with Crippen LogP contribution >= 0.6 is 0 Å². The minimum atomic E-state index is -1.36. The van der Waals surface area contributed by atoms with Gasteiger partial charge in [-0.3, -0.25) is 4.79 Å². The van der Waals surface area contributed by atoms with Crippen molar-refractivity contribution in [2.75, 3.05) is 13.7 Å². The van der Waals surface area contributed by atoms with Crippen molar-refractivity contribution in [2.24, 2.45) is 17.3 Å². The van der Waals surface area contributed by atoms with Crippen molar-refractivity contribution in [3.63, 3.8) is 0 Å². The molecule has 116 valence electrons. The fraction of sp³-hybridized carbons (Fsp3) is 0.867. The molecule has 0 radical (unpaired) electrons. The fourth-order valence-corrected chi connectivity index (χ4v) is 3.36. The smallest absolute Gasteiger partial charge is 0.331 e. The van der Waals surface area contributed by atoms with Crippen LogP contribution in [0, 0.1) is 17.3 Å². The van der Waals surface area contributed by atoms with Gasteiger partial charge in [-0.1, -0.05) is 20.8 Å². The van der Waals surface area contributed by atoms with Crippen molar-refractivity contribution >= 4 is 11.9 Å². The highest BCUT2D eigenvalue weighted by Crippen LogP contribution is 2.41. The number of nitrogens with one attached hydrogen (secondary N) is 1. The molecule has 5 heteroatoms. The lowest BCUT2D eigenvalue weighted by Crippen LogP contribution is -2.57. The van der Waals surface area contributed by atoms with Crippen LogP contribution in [-0.4, -0.2) is 36.2 Å². The number of hydrogen-bond acceptors (Lipinski definition) is 3. The Kier molecular flexibility index (Phi) is 5.19. The zero-order valence-corrected chi connectivity index (χ0v) is 13.2. The van der Waals surface area contributed by atoms with E-state index in [1.807, 2.05) is 0 Å². The first kappa shape index (κ1) is 17.0. The molecule has 0 saturated heterocycles. The van der Waals surface area contributed by atoms with E-state index in [4.69, 9.17) is 4.74 Å². The van der Waals surface area contributed by atoms with E-state index in [-0.39, 0.29) is 23.8 Å². The molecule has 0 aromatic carbocycles. The van der Waals surface area contributed by atoms with Crippen LogP contribution in [0.4, 0.5) is 0 Å². The Morgan fingerprint density at radius 1 is 1.40 bits per heavy atom. The van der Waals surface area contributed by atoms with Gasteiger partial charge in [0.1, 0.15) is 0 Å². The van der Waals surface area contributed by atoms with E-state index in [1.165, 1.54) is 14.0 Å². The van der Waals surface area contributed by atoms with Crippen LogP contribution in [0.3, 0.4) is 0 Å². The van der Waals surface area contributed by atoms with E-state index in [1.54, 1.807) is 0 Å². The maximum absolute atomic E-state index is 12.4. The zero-order chi connectivity index (χ0) is 15.6. The lowest BCUT2D eigenvalue weighted by molar-refractivity contribution is -0.150. The lowest BCUT2D eigenvalue weighted by atomic mass is 9.67. The Morgan fingerprint density at radius 2 is 2.00 bits per heavy atom. The number of carboxylic acids is 1. The molecule has 0 aromatic rings. The number of carbonyl (C=O) groups is 2. The maximum Gasteiger partial charge on any atom is 0.331 e. The van der Waals surface area contributed by atoms with Gasteiger partial charge in [0.25, 0.3) is 0 Å². The van der Waals surface area contributed by atoms with Gasteiger partial charge in [0.05, 0.1) is 6.61 Å². The minimum Gasteiger partial charge on any atom is -0.479 e. The van der Waals surface area contributed by atoms with Gasteiger partial charge in [-0.2, -0.15) is 0 Å². The number of ether oxygens (including phenoxy) is 1. The molecule has 1 fully saturated rings. The monoisotopic (exact) mass is 285 g/mol. The number of carboxylic acid groups (broad SMARTS) is 1. The SMILES string of the molecule is COCC(C)(NC(=O)C1CC(C)CC(C)(C)C1)C(=O)O. The Bertz CT molecular complexity index is 380. The average Bonchev–Trinajstić information content (AvgIpc) is 2.26. The Morgan fingerprint density at radius 3 is 2.45 bits per heavy atom. The third-order valence-electron chi connectivity index (χ3n) is 4.06. The molecular weight excluding hydrogens is 258 g/mol. The number of aliphatic carboxylic acids is 1. The maximum atomic E-state index is 12.4. The summed E-state index contributed by atoms with van der Waals surface area (Å²) in [6.45, 7) is 7.91. The van der Waals surface area contributed by atoms with Crippen molar-refractivity contribution in [1.29, 1.82) is 0 Å². The summed E-state index contributed by atoms with van der Waals surface area (Å²) >= 11 is 0. The Hall–Kier alpha value is -1.10. The van der Waals surface area contributed by atoms with E-state index >= 15 is 0 Å². The Labute approximate surface area is 121 Å². The molecule has 0 aliphatic heterocycles. The number of amides is 1. The number of methoxy groups -OCH3 is 1. The third kappa shape index (κ3) is 4.20. The number of rotatable bonds is 5. The van der Waals surface area contributed by atoms with E-state index < -0.39 is 11.5 Å². The summed E-state index contributed by atoms with van der Waals surface area (Å²) in [5.41, 5.74) is -1.24. The van der Waals surface area contributed by atoms with E-state index in [9.17, 15) is 14.7 Å². The van der Waals surface area contributed by atoms with E-state index in [0.717, 1.165) is 19.3 Å². The molecule has 2 N–H and O–H groups in total. The molecule has 0 heterocycles. The highest BCUT2D eigenvalue weighted by Gasteiger charge is 2.40. The molecule has 1 rings (SSSR count). The lowest BCUT2D eigenvalue weighted by Gasteiger charge is -2.39. The summed E-state index contributed by atoms with van der Waals surface area (Å²) in [5, 5.41) is 11.9. The molecule has 0 aromatic heterocycles. The van der Waals surface area contributed by atoms with Gasteiger partial charge in [-0.05, 0) is 37.5 Å². The normalized spacial score (nSPS) is 28.4. The van der Waals surface area contributed by atoms with E-state index in [0.29, 0.717) is 5.92 Å². The molecule has 1 saturated carbocycles. The van der Waals surface area contributed by atoms with Crippen molar-refractivity contribution in [3.8, 4) is 0 Å². The quantitative estimate of drug-likeness (QED) is 0.810. The molecule has 0 spiro atoms. The second kappa shape index (κ2) is 6.12. The third-order valence-corrected chi connectivity index (χ3v) is 4.06. The second-order valence-electron chi connectivity index (χ2n) is 7.17. The molecule has 5 nitrogen and oxygen atoms in total. The van der Waals surface area contributed by atoms with Crippen LogP contribution in [-0.2, 0) is 14.3 Å². The first-order valence-electron chi connectivity index (χ1n) is 7.14. The molecule has 3 unspecified atom stereocenters. The van der Waals surface area contributed by atoms with Gasteiger partial charge < -0.3 is 15.2 Å². The van der Waals surface area contributed by atoms with Crippen molar-refractivity contribution in [1.82, 2.24) is 5.32 Å². The summed E-state index contributed by atoms with van der Waals surface area (Å²) in [7, 11) is 1.43. The summed E-state index contributed by atoms with van der Waals surface area (Å²) in [6.07, 6.45) is 2.72. The predicted octanol–water partition coefficient (Wildman–Crippen LogP) is 2.05. The molecular formula is C15H27NO4. The first-order valence-corrected chi connectivity index (χ1v) is 7.14. The fourth-order valence-electron chi connectivity index (χ4n) is 3.36. The van der Waals surface area contributed by atoms with Gasteiger partial charge in [-0.15, -0.1) is 0 Å². The van der Waals surface area contributed by atoms with Crippen LogP contribution in [0.15, 0.2) is 0 Å². The standard InChI is InChI=1S/C15H27NO4/c1-10-6-11(8-14(2,3)7-10)12(17)16-15(4,9-20-5)13(18)19/h10-11H,6-9H2,1-5H3,(H,16,17)(H,18,19). The summed E-state index contributed by atoms with van der Waals surface area (Å²) in [6, 6.07) is 0. The highest BCUT2D eigenvalue weighted by molar-refractivity contribution is 5.88. The molecule has 1 aliphatic carbocycles. The van der Waals surface area contributed by atoms with Gasteiger partial charge in [0.2, 0.25) is 5.91 Å². The first-order chi connectivity index (χ1) is 9.09. The molecule has 1 amide bonds. The topological polar surface area (TPSA) is 75.6 Å². The Balaban J connectivity index is 2.76. The van der Waals surface area contributed by atoms with Crippen molar-refractivity contribution < 1.29 is 19.4 Å². The number of carbonyl (C=O) groups excluding carboxylic acids is 1. The molecule has 1 aliphatic rings. The van der Waals surface area contributed by atoms with Gasteiger partial charge in [0.15, 0.2) is 5.54 Å². The molecule has 20 heavy (non-hydrogen) atoms. The predicted molar refractivity (Wildman–Crippen MR) is 76.3 cm³/mol. The zero-order valence-electron chi connectivity index (χ0n) is 13.2. The second-order valence-corrected chi connectivity index (χ2v) is 7.17. The highest BCUT2D eigenvalue weighted by atomic mass is 16.5. The van der Waals surface area contributed by atoms with Crippen molar-refractivity contribution in [2.45, 2.75) is 52.5 Å². The largest absolute Gasteiger partial charge is 0.479 e. The molecule has 0 bridgehead atoms. The average molecular weight is 285 g/mol. The molecule has 3 atom stereocenters. The number of hydrogen-bond donors (Lipinski definition) is 2. The van der Waals surface area contributed by atoms with Gasteiger partial charge in [-0.25, -0.2) is 4.79 Å². The van der Waals surface area contributed by atoms with Gasteiger partial charge in [0, 0.05) is 13.0 Å². The summed E-state index contributed by atoms with van der Waals surface area (Å²) < 4.78 is 4.92. The summed E-state index contributed by atoms with van der Waals surface area (Å²) in [5.74, 6) is -0.889. The van der Waals surface area contributed by atoms with Crippen LogP contribution in [0.2, 0.25) is 0 Å². The van der Waals surface area contributed by atoms with Gasteiger partial charge >= 0.3 is 5.97 Å². The summed E-state index contributed by atoms with van der Waals surface area (Å²) in [4.78, 5) is 23.7. The van der Waals surface area contributed by atoms with Crippen LogP contribution in [0.5, 0.6) is 0 Å². The van der Waals surface area contributed by atoms with Crippen LogP contribution in [0.25, 0.3) is 0 Å². The minimum absolute atomic E-state index is 0.0419. The van der Waals surface area contributed by atoms with Crippen molar-refractivity contribution in [3.05, 3.63) is 0 Å².